The quantitative estimate of drug-likeness (QED) is 0.467. The van der Waals surface area contributed by atoms with Crippen LogP contribution in [0.3, 0.4) is 0 Å². The van der Waals surface area contributed by atoms with Gasteiger partial charge in [-0.1, -0.05) is 0 Å². The van der Waals surface area contributed by atoms with Crippen LogP contribution in [0.4, 0.5) is 10.7 Å². The fourth-order valence-corrected chi connectivity index (χ4v) is 4.56. The number of carbonyl (C=O) groups is 3. The van der Waals surface area contributed by atoms with Gasteiger partial charge in [0.25, 0.3) is 11.8 Å². The SMILES string of the molecule is COC(=O)c1c(NC(=O)c2ccc3c(c2)OCO3)sc(C(=O)Nc2cc(OC)ccc2OC)c1C. The Hall–Kier alpha value is -4.25. The van der Waals surface area contributed by atoms with Crippen molar-refractivity contribution in [1.82, 2.24) is 0 Å². The smallest absolute Gasteiger partial charge is 0.341 e. The summed E-state index contributed by atoms with van der Waals surface area (Å²) >= 11 is 0.956. The average molecular weight is 499 g/mol. The van der Waals surface area contributed by atoms with Gasteiger partial charge in [0.2, 0.25) is 6.79 Å². The lowest BCUT2D eigenvalue weighted by Gasteiger charge is -2.11. The van der Waals surface area contributed by atoms with Crippen molar-refractivity contribution in [1.29, 1.82) is 0 Å². The number of fused-ring (bicyclic) bond motifs is 1. The number of nitrogens with one attached hydrogen (secondary N) is 2. The summed E-state index contributed by atoms with van der Waals surface area (Å²) in [6.07, 6.45) is 0. The fraction of sp³-hybridized carbons (Fsp3) is 0.208. The van der Waals surface area contributed by atoms with Crippen molar-refractivity contribution in [3.8, 4) is 23.0 Å². The second-order valence-corrected chi connectivity index (χ2v) is 8.32. The summed E-state index contributed by atoms with van der Waals surface area (Å²) < 4.78 is 26.0. The highest BCUT2D eigenvalue weighted by atomic mass is 32.1. The first-order chi connectivity index (χ1) is 16.9. The number of hydrogen-bond acceptors (Lipinski definition) is 9. The molecular weight excluding hydrogens is 476 g/mol. The predicted octanol–water partition coefficient (Wildman–Crippen LogP) is 4.09. The summed E-state index contributed by atoms with van der Waals surface area (Å²) in [6.45, 7) is 1.68. The van der Waals surface area contributed by atoms with E-state index >= 15 is 0 Å². The molecule has 3 aromatic rings. The van der Waals surface area contributed by atoms with Crippen LogP contribution in [0, 0.1) is 6.92 Å². The maximum Gasteiger partial charge on any atom is 0.341 e. The van der Waals surface area contributed by atoms with Crippen LogP contribution in [0.1, 0.15) is 36.0 Å². The molecule has 0 atom stereocenters. The maximum absolute atomic E-state index is 13.2. The zero-order chi connectivity index (χ0) is 25.1. The van der Waals surface area contributed by atoms with Gasteiger partial charge in [-0.25, -0.2) is 4.79 Å². The molecular formula is C24H22N2O8S. The van der Waals surface area contributed by atoms with E-state index in [4.69, 9.17) is 23.7 Å². The van der Waals surface area contributed by atoms with E-state index in [0.717, 1.165) is 11.3 Å². The fourth-order valence-electron chi connectivity index (χ4n) is 3.47. The lowest BCUT2D eigenvalue weighted by molar-refractivity contribution is 0.0601. The first kappa shape index (κ1) is 23.9. The predicted molar refractivity (Wildman–Crippen MR) is 128 cm³/mol. The molecule has 2 heterocycles. The second kappa shape index (κ2) is 9.94. The van der Waals surface area contributed by atoms with Crippen LogP contribution in [0.5, 0.6) is 23.0 Å². The van der Waals surface area contributed by atoms with Crippen molar-refractivity contribution in [3.05, 3.63) is 58.0 Å². The van der Waals surface area contributed by atoms with Crippen molar-refractivity contribution in [2.75, 3.05) is 38.8 Å². The molecule has 0 saturated carbocycles. The van der Waals surface area contributed by atoms with Crippen LogP contribution in [0.15, 0.2) is 36.4 Å². The van der Waals surface area contributed by atoms with Gasteiger partial charge >= 0.3 is 5.97 Å². The zero-order valence-corrected chi connectivity index (χ0v) is 20.2. The minimum Gasteiger partial charge on any atom is -0.497 e. The molecule has 0 bridgehead atoms. The van der Waals surface area contributed by atoms with E-state index in [2.05, 4.69) is 10.6 Å². The summed E-state index contributed by atoms with van der Waals surface area (Å²) in [5.74, 6) is 0.270. The molecule has 4 rings (SSSR count). The zero-order valence-electron chi connectivity index (χ0n) is 19.3. The van der Waals surface area contributed by atoms with E-state index in [0.29, 0.717) is 39.8 Å². The van der Waals surface area contributed by atoms with Crippen molar-refractivity contribution >= 4 is 39.8 Å². The Morgan fingerprint density at radius 2 is 1.69 bits per heavy atom. The van der Waals surface area contributed by atoms with Gasteiger partial charge in [-0.05, 0) is 42.8 Å². The standard InChI is InChI=1S/C24H22N2O8S/c1-12-19(24(29)32-4)23(26-21(27)13-5-7-17-18(9-13)34-11-33-17)35-20(12)22(28)25-15-10-14(30-2)6-8-16(15)31-3/h5-10H,11H2,1-4H3,(H,25,28)(H,26,27). The molecule has 0 radical (unpaired) electrons. The number of esters is 1. The second-order valence-electron chi connectivity index (χ2n) is 7.29. The van der Waals surface area contributed by atoms with E-state index in [-0.39, 0.29) is 22.2 Å². The van der Waals surface area contributed by atoms with Crippen LogP contribution in [-0.2, 0) is 4.74 Å². The number of anilines is 2. The van der Waals surface area contributed by atoms with Gasteiger partial charge in [-0.2, -0.15) is 0 Å². The molecule has 1 aliphatic rings. The lowest BCUT2D eigenvalue weighted by Crippen LogP contribution is -2.14. The van der Waals surface area contributed by atoms with Gasteiger partial charge in [-0.3, -0.25) is 9.59 Å². The lowest BCUT2D eigenvalue weighted by atomic mass is 10.1. The monoisotopic (exact) mass is 498 g/mol. The molecule has 2 aromatic carbocycles. The number of carbonyl (C=O) groups excluding carboxylic acids is 3. The number of thiophene rings is 1. The number of methoxy groups -OCH3 is 3. The summed E-state index contributed by atoms with van der Waals surface area (Å²) in [5, 5.41) is 5.67. The van der Waals surface area contributed by atoms with Crippen LogP contribution in [0.25, 0.3) is 0 Å². The molecule has 0 spiro atoms. The van der Waals surface area contributed by atoms with E-state index in [9.17, 15) is 14.4 Å². The largest absolute Gasteiger partial charge is 0.497 e. The van der Waals surface area contributed by atoms with Crippen molar-refractivity contribution in [2.24, 2.45) is 0 Å². The minimum atomic E-state index is -0.683. The molecule has 35 heavy (non-hydrogen) atoms. The van der Waals surface area contributed by atoms with Gasteiger partial charge in [-0.15, -0.1) is 11.3 Å². The first-order valence-electron chi connectivity index (χ1n) is 10.3. The van der Waals surface area contributed by atoms with Crippen LogP contribution in [0.2, 0.25) is 0 Å². The topological polar surface area (TPSA) is 121 Å². The Morgan fingerprint density at radius 1 is 0.914 bits per heavy atom. The highest BCUT2D eigenvalue weighted by molar-refractivity contribution is 7.19. The minimum absolute atomic E-state index is 0.0769. The Bertz CT molecular complexity index is 1320. The van der Waals surface area contributed by atoms with Crippen LogP contribution >= 0.6 is 11.3 Å². The number of amides is 2. The molecule has 1 aromatic heterocycles. The number of ether oxygens (including phenoxy) is 5. The van der Waals surface area contributed by atoms with Gasteiger partial charge in [0.1, 0.15) is 16.5 Å². The molecule has 1 aliphatic heterocycles. The third-order valence-electron chi connectivity index (χ3n) is 5.26. The number of rotatable bonds is 7. The highest BCUT2D eigenvalue weighted by Gasteiger charge is 2.27. The van der Waals surface area contributed by atoms with Crippen molar-refractivity contribution < 1.29 is 38.1 Å². The summed E-state index contributed by atoms with van der Waals surface area (Å²) in [6, 6.07) is 9.71. The number of benzene rings is 2. The normalized spacial score (nSPS) is 11.5. The molecule has 0 saturated heterocycles. The highest BCUT2D eigenvalue weighted by Crippen LogP contribution is 2.37. The third kappa shape index (κ3) is 4.71. The van der Waals surface area contributed by atoms with Crippen LogP contribution < -0.4 is 29.6 Å². The molecule has 10 nitrogen and oxygen atoms in total. The Balaban J connectivity index is 1.64. The van der Waals surface area contributed by atoms with Gasteiger partial charge in [0.15, 0.2) is 11.5 Å². The molecule has 182 valence electrons. The number of hydrogen-bond donors (Lipinski definition) is 2. The summed E-state index contributed by atoms with van der Waals surface area (Å²) in [7, 11) is 4.21. The molecule has 2 N–H and O–H groups in total. The Morgan fingerprint density at radius 3 is 2.40 bits per heavy atom. The van der Waals surface area contributed by atoms with Crippen molar-refractivity contribution in [2.45, 2.75) is 6.92 Å². The van der Waals surface area contributed by atoms with Crippen LogP contribution in [-0.4, -0.2) is 45.9 Å². The maximum atomic E-state index is 13.2. The average Bonchev–Trinajstić information content (AvgIpc) is 3.47. The summed E-state index contributed by atoms with van der Waals surface area (Å²) in [5.41, 5.74) is 1.13. The summed E-state index contributed by atoms with van der Waals surface area (Å²) in [4.78, 5) is 38.9. The van der Waals surface area contributed by atoms with Gasteiger partial charge < -0.3 is 34.3 Å². The van der Waals surface area contributed by atoms with E-state index < -0.39 is 17.8 Å². The van der Waals surface area contributed by atoms with Gasteiger partial charge in [0.05, 0.1) is 37.5 Å². The molecule has 0 unspecified atom stereocenters. The van der Waals surface area contributed by atoms with E-state index in [1.54, 1.807) is 43.3 Å². The Kier molecular flexibility index (Phi) is 6.78. The van der Waals surface area contributed by atoms with E-state index in [1.165, 1.54) is 21.3 Å². The van der Waals surface area contributed by atoms with Crippen molar-refractivity contribution in [3.63, 3.8) is 0 Å². The van der Waals surface area contributed by atoms with E-state index in [1.807, 2.05) is 0 Å². The Labute approximate surface area is 204 Å². The molecule has 2 amide bonds. The molecule has 11 heteroatoms. The molecule has 0 aliphatic carbocycles. The molecule has 0 fully saturated rings. The third-order valence-corrected chi connectivity index (χ3v) is 6.47. The first-order valence-corrected chi connectivity index (χ1v) is 11.1. The van der Waals surface area contributed by atoms with Gasteiger partial charge in [0, 0.05) is 11.6 Å².